The molecule has 0 saturated carbocycles. The van der Waals surface area contributed by atoms with Crippen LogP contribution in [0.5, 0.6) is 5.75 Å². The van der Waals surface area contributed by atoms with Crippen LogP contribution in [-0.4, -0.2) is 24.6 Å². The lowest BCUT2D eigenvalue weighted by molar-refractivity contribution is 0.446. The number of rotatable bonds is 5. The molecule has 0 aliphatic heterocycles. The molecule has 0 radical (unpaired) electrons. The summed E-state index contributed by atoms with van der Waals surface area (Å²) >= 11 is 0. The van der Waals surface area contributed by atoms with Gasteiger partial charge in [-0.2, -0.15) is 0 Å². The second kappa shape index (κ2) is 12.9. The molecule has 0 bridgehead atoms. The minimum absolute atomic E-state index is 0.116. The Labute approximate surface area is 308 Å². The smallest absolute Gasteiger partial charge is 0.149 e. The molecule has 0 amide bonds. The summed E-state index contributed by atoms with van der Waals surface area (Å²) in [4.78, 5) is 15.2. The second-order valence-corrected chi connectivity index (χ2v) is 16.9. The van der Waals surface area contributed by atoms with Gasteiger partial charge in [-0.3, -0.25) is 14.5 Å². The molecule has 5 heteroatoms. The Hall–Kier alpha value is -5.55. The predicted octanol–water partition coefficient (Wildman–Crippen LogP) is 12.1. The van der Waals surface area contributed by atoms with E-state index in [1.165, 1.54) is 5.56 Å². The minimum Gasteiger partial charge on any atom is -0.507 e. The highest BCUT2D eigenvalue weighted by atomic mass is 16.3. The summed E-state index contributed by atoms with van der Waals surface area (Å²) in [5.41, 5.74) is 11.8. The van der Waals surface area contributed by atoms with Crippen molar-refractivity contribution in [3.63, 3.8) is 0 Å². The van der Waals surface area contributed by atoms with Gasteiger partial charge in [-0.25, -0.2) is 4.98 Å². The third-order valence-corrected chi connectivity index (χ3v) is 9.86. The molecule has 262 valence electrons. The number of aromatic hydroxyl groups is 1. The van der Waals surface area contributed by atoms with Gasteiger partial charge in [0, 0.05) is 34.6 Å². The molecular weight excluding hydrogens is 637 g/mol. The molecule has 52 heavy (non-hydrogen) atoms. The number of imidazole rings is 1. The number of hydrogen-bond donors (Lipinski definition) is 1. The highest BCUT2D eigenvalue weighted by molar-refractivity contribution is 5.96. The number of para-hydroxylation sites is 1. The zero-order valence-electron chi connectivity index (χ0n) is 31.8. The van der Waals surface area contributed by atoms with Gasteiger partial charge in [0.2, 0.25) is 0 Å². The fraction of sp³-hybridized carbons (Fsp3) is 0.255. The quantitative estimate of drug-likeness (QED) is 0.196. The van der Waals surface area contributed by atoms with Crippen LogP contribution < -0.4 is 0 Å². The van der Waals surface area contributed by atoms with Gasteiger partial charge in [-0.15, -0.1) is 0 Å². The summed E-state index contributed by atoms with van der Waals surface area (Å²) in [6, 6.07) is 37.9. The van der Waals surface area contributed by atoms with Crippen molar-refractivity contribution in [2.75, 3.05) is 0 Å². The van der Waals surface area contributed by atoms with Crippen molar-refractivity contribution < 1.29 is 5.11 Å². The van der Waals surface area contributed by atoms with Crippen LogP contribution in [0, 0.1) is 0 Å². The van der Waals surface area contributed by atoms with Gasteiger partial charge in [0.05, 0.1) is 28.2 Å². The first kappa shape index (κ1) is 34.9. The molecule has 7 rings (SSSR count). The number of benzene rings is 4. The first-order chi connectivity index (χ1) is 24.6. The van der Waals surface area contributed by atoms with E-state index in [0.717, 1.165) is 61.5 Å². The zero-order chi connectivity index (χ0) is 37.0. The fourth-order valence-corrected chi connectivity index (χ4v) is 6.86. The van der Waals surface area contributed by atoms with Crippen molar-refractivity contribution in [3.8, 4) is 56.5 Å². The number of nitrogens with zero attached hydrogens (tertiary/aromatic N) is 4. The molecule has 0 atom stereocenters. The normalized spacial score (nSPS) is 12.4. The van der Waals surface area contributed by atoms with E-state index in [9.17, 15) is 5.11 Å². The van der Waals surface area contributed by atoms with E-state index in [2.05, 4.69) is 146 Å². The SMILES string of the molecule is CC(C)(C)c1cc(-c2ccccn2)cc(-c2nccc3c2nc(-c2cc(C(C)(C)C)cc(C(C)(C)C)c2O)n3-c2ccccc2-c2ccccc2)c1. The number of phenols is 1. The van der Waals surface area contributed by atoms with E-state index in [4.69, 9.17) is 15.0 Å². The topological polar surface area (TPSA) is 63.8 Å². The third kappa shape index (κ3) is 6.52. The van der Waals surface area contributed by atoms with Crippen molar-refractivity contribution in [1.82, 2.24) is 19.5 Å². The summed E-state index contributed by atoms with van der Waals surface area (Å²) in [6.07, 6.45) is 3.71. The van der Waals surface area contributed by atoms with Gasteiger partial charge < -0.3 is 5.11 Å². The van der Waals surface area contributed by atoms with Crippen LogP contribution in [0.1, 0.15) is 79.0 Å². The van der Waals surface area contributed by atoms with Crippen LogP contribution in [0.25, 0.3) is 61.8 Å². The Kier molecular flexibility index (Phi) is 8.65. The number of pyridine rings is 2. The molecule has 0 spiro atoms. The first-order valence-electron chi connectivity index (χ1n) is 18.1. The molecule has 0 aliphatic carbocycles. The van der Waals surface area contributed by atoms with E-state index in [0.29, 0.717) is 11.4 Å². The molecule has 0 unspecified atom stereocenters. The average Bonchev–Trinajstić information content (AvgIpc) is 3.50. The molecule has 1 N–H and O–H groups in total. The number of aromatic nitrogens is 4. The van der Waals surface area contributed by atoms with E-state index >= 15 is 0 Å². The summed E-state index contributed by atoms with van der Waals surface area (Å²) in [5.74, 6) is 0.912. The number of hydrogen-bond acceptors (Lipinski definition) is 4. The van der Waals surface area contributed by atoms with Crippen LogP contribution in [0.3, 0.4) is 0 Å². The Balaban J connectivity index is 1.60. The Bertz CT molecular complexity index is 2400. The van der Waals surface area contributed by atoms with E-state index in [-0.39, 0.29) is 22.0 Å². The van der Waals surface area contributed by atoms with Gasteiger partial charge in [-0.05, 0) is 81.5 Å². The van der Waals surface area contributed by atoms with Crippen LogP contribution in [0.2, 0.25) is 0 Å². The van der Waals surface area contributed by atoms with Crippen LogP contribution in [-0.2, 0) is 16.2 Å². The van der Waals surface area contributed by atoms with E-state index in [1.807, 2.05) is 42.7 Å². The molecule has 3 aromatic heterocycles. The standard InChI is InChI=1S/C47H48N4O/c1-45(2,3)33-26-31(38-20-15-16-23-48-38)25-32(27-33)41-42-40(22-24-49-41)51(39-21-14-13-19-35(39)30-17-11-10-12-18-30)44(50-42)36-28-34(46(4,5)6)29-37(43(36)52)47(7,8)9/h10-29,52H,1-9H3. The first-order valence-corrected chi connectivity index (χ1v) is 18.1. The maximum atomic E-state index is 12.2. The van der Waals surface area contributed by atoms with E-state index < -0.39 is 0 Å². The van der Waals surface area contributed by atoms with Gasteiger partial charge >= 0.3 is 0 Å². The van der Waals surface area contributed by atoms with Gasteiger partial charge in [0.15, 0.2) is 0 Å². The number of phenolic OH excluding ortho intramolecular Hbond substituents is 1. The molecular formula is C47H48N4O. The van der Waals surface area contributed by atoms with Gasteiger partial charge in [-0.1, -0.05) is 123 Å². The largest absolute Gasteiger partial charge is 0.507 e. The average molecular weight is 685 g/mol. The van der Waals surface area contributed by atoms with Gasteiger partial charge in [0.25, 0.3) is 0 Å². The van der Waals surface area contributed by atoms with Gasteiger partial charge in [0.1, 0.15) is 17.1 Å². The monoisotopic (exact) mass is 684 g/mol. The zero-order valence-corrected chi connectivity index (χ0v) is 31.8. The molecule has 3 heterocycles. The van der Waals surface area contributed by atoms with Crippen molar-refractivity contribution in [1.29, 1.82) is 0 Å². The lowest BCUT2D eigenvalue weighted by Gasteiger charge is -2.27. The summed E-state index contributed by atoms with van der Waals surface area (Å²) in [5, 5.41) is 12.2. The van der Waals surface area contributed by atoms with E-state index in [1.54, 1.807) is 0 Å². The number of fused-ring (bicyclic) bond motifs is 1. The lowest BCUT2D eigenvalue weighted by atomic mass is 9.79. The Morgan fingerprint density at radius 2 is 1.19 bits per heavy atom. The Morgan fingerprint density at radius 3 is 1.87 bits per heavy atom. The fourth-order valence-electron chi connectivity index (χ4n) is 6.86. The van der Waals surface area contributed by atoms with Crippen molar-refractivity contribution in [3.05, 3.63) is 138 Å². The summed E-state index contributed by atoms with van der Waals surface area (Å²) in [6.45, 7) is 19.8. The highest BCUT2D eigenvalue weighted by Crippen LogP contribution is 2.45. The van der Waals surface area contributed by atoms with Crippen LogP contribution in [0.15, 0.2) is 122 Å². The molecule has 0 saturated heterocycles. The third-order valence-electron chi connectivity index (χ3n) is 9.86. The van der Waals surface area contributed by atoms with Crippen LogP contribution >= 0.6 is 0 Å². The van der Waals surface area contributed by atoms with Crippen LogP contribution in [0.4, 0.5) is 0 Å². The molecule has 5 nitrogen and oxygen atoms in total. The molecule has 0 aliphatic rings. The lowest BCUT2D eigenvalue weighted by Crippen LogP contribution is -2.17. The minimum atomic E-state index is -0.305. The highest BCUT2D eigenvalue weighted by Gasteiger charge is 2.29. The maximum Gasteiger partial charge on any atom is 0.149 e. The molecule has 7 aromatic rings. The van der Waals surface area contributed by atoms with Crippen molar-refractivity contribution in [2.45, 2.75) is 78.6 Å². The predicted molar refractivity (Wildman–Crippen MR) is 216 cm³/mol. The Morgan fingerprint density at radius 1 is 0.538 bits per heavy atom. The molecule has 4 aromatic carbocycles. The molecule has 0 fully saturated rings. The maximum absolute atomic E-state index is 12.2. The van der Waals surface area contributed by atoms with Crippen molar-refractivity contribution in [2.24, 2.45) is 0 Å². The summed E-state index contributed by atoms with van der Waals surface area (Å²) < 4.78 is 2.21. The van der Waals surface area contributed by atoms with Crippen molar-refractivity contribution >= 4 is 11.0 Å². The summed E-state index contributed by atoms with van der Waals surface area (Å²) in [7, 11) is 0. The second-order valence-electron chi connectivity index (χ2n) is 16.9.